The Morgan fingerprint density at radius 1 is 1.16 bits per heavy atom. The number of amides is 1. The summed E-state index contributed by atoms with van der Waals surface area (Å²) in [5.41, 5.74) is 2.50. The normalized spacial score (nSPS) is 11.2. The summed E-state index contributed by atoms with van der Waals surface area (Å²) in [6, 6.07) is 8.44. The molecule has 1 aromatic carbocycles. The largest absolute Gasteiger partial charge is 0.378 e. The van der Waals surface area contributed by atoms with Crippen LogP contribution >= 0.6 is 0 Å². The number of carbonyl (C=O) groups excluding carboxylic acids is 1. The second-order valence-electron chi connectivity index (χ2n) is 6.40. The molecule has 1 amide bonds. The van der Waals surface area contributed by atoms with Gasteiger partial charge < -0.3 is 10.2 Å². The first-order chi connectivity index (χ1) is 8.78. The van der Waals surface area contributed by atoms with Crippen molar-refractivity contribution in [1.29, 1.82) is 0 Å². The van der Waals surface area contributed by atoms with E-state index in [2.05, 4.69) is 55.3 Å². The Morgan fingerprint density at radius 2 is 1.74 bits per heavy atom. The predicted molar refractivity (Wildman–Crippen MR) is 81.6 cm³/mol. The third kappa shape index (κ3) is 6.27. The van der Waals surface area contributed by atoms with Gasteiger partial charge in [0.25, 0.3) is 0 Å². The standard InChI is InChI=1S/C16H26N2O/c1-16(2,3)12-15(19)17-11-10-13-6-8-14(9-7-13)18(4)5/h6-9H,10-12H2,1-5H3,(H,17,19). The zero-order valence-corrected chi connectivity index (χ0v) is 12.8. The molecule has 0 heterocycles. The van der Waals surface area contributed by atoms with E-state index in [0.717, 1.165) is 6.42 Å². The van der Waals surface area contributed by atoms with E-state index in [1.807, 2.05) is 14.1 Å². The topological polar surface area (TPSA) is 32.3 Å². The number of hydrogen-bond donors (Lipinski definition) is 1. The van der Waals surface area contributed by atoms with Crippen LogP contribution in [0, 0.1) is 5.41 Å². The average Bonchev–Trinajstić information content (AvgIpc) is 2.27. The maximum absolute atomic E-state index is 11.7. The Labute approximate surface area is 117 Å². The number of carbonyl (C=O) groups is 1. The predicted octanol–water partition coefficient (Wildman–Crippen LogP) is 2.85. The van der Waals surface area contributed by atoms with Crippen LogP contribution in [0.2, 0.25) is 0 Å². The molecular weight excluding hydrogens is 236 g/mol. The minimum absolute atomic E-state index is 0.0530. The molecule has 0 saturated heterocycles. The smallest absolute Gasteiger partial charge is 0.220 e. The number of hydrogen-bond acceptors (Lipinski definition) is 2. The molecule has 0 aromatic heterocycles. The van der Waals surface area contributed by atoms with Crippen LogP contribution in [0.1, 0.15) is 32.8 Å². The maximum Gasteiger partial charge on any atom is 0.220 e. The summed E-state index contributed by atoms with van der Waals surface area (Å²) in [6.45, 7) is 6.93. The van der Waals surface area contributed by atoms with Crippen molar-refractivity contribution < 1.29 is 4.79 Å². The van der Waals surface area contributed by atoms with Gasteiger partial charge in [-0.2, -0.15) is 0 Å². The van der Waals surface area contributed by atoms with Crippen molar-refractivity contribution in [2.24, 2.45) is 5.41 Å². The van der Waals surface area contributed by atoms with E-state index in [4.69, 9.17) is 0 Å². The van der Waals surface area contributed by atoms with Gasteiger partial charge in [0, 0.05) is 32.7 Å². The Balaban J connectivity index is 2.35. The van der Waals surface area contributed by atoms with E-state index in [1.165, 1.54) is 11.3 Å². The molecule has 0 saturated carbocycles. The molecule has 0 aliphatic rings. The fraction of sp³-hybridized carbons (Fsp3) is 0.562. The van der Waals surface area contributed by atoms with Gasteiger partial charge in [0.2, 0.25) is 5.91 Å². The Kier molecular flexibility index (Phi) is 5.40. The minimum atomic E-state index is 0.0530. The van der Waals surface area contributed by atoms with E-state index >= 15 is 0 Å². The summed E-state index contributed by atoms with van der Waals surface area (Å²) in [5.74, 6) is 0.136. The average molecular weight is 262 g/mol. The summed E-state index contributed by atoms with van der Waals surface area (Å²) < 4.78 is 0. The van der Waals surface area contributed by atoms with Gasteiger partial charge in [0.15, 0.2) is 0 Å². The van der Waals surface area contributed by atoms with Crippen molar-refractivity contribution in [2.75, 3.05) is 25.5 Å². The van der Waals surface area contributed by atoms with Gasteiger partial charge in [-0.25, -0.2) is 0 Å². The van der Waals surface area contributed by atoms with Crippen LogP contribution in [0.5, 0.6) is 0 Å². The molecule has 1 aromatic rings. The summed E-state index contributed by atoms with van der Waals surface area (Å²) >= 11 is 0. The zero-order chi connectivity index (χ0) is 14.5. The van der Waals surface area contributed by atoms with Crippen molar-refractivity contribution in [1.82, 2.24) is 5.32 Å². The van der Waals surface area contributed by atoms with Gasteiger partial charge in [-0.15, -0.1) is 0 Å². The SMILES string of the molecule is CN(C)c1ccc(CCNC(=O)CC(C)(C)C)cc1. The molecule has 1 rings (SSSR count). The molecule has 19 heavy (non-hydrogen) atoms. The Bertz CT molecular complexity index is 402. The van der Waals surface area contributed by atoms with Crippen molar-refractivity contribution in [3.8, 4) is 0 Å². The summed E-state index contributed by atoms with van der Waals surface area (Å²) in [6.07, 6.45) is 1.45. The minimum Gasteiger partial charge on any atom is -0.378 e. The third-order valence-corrected chi connectivity index (χ3v) is 2.88. The van der Waals surface area contributed by atoms with Crippen LogP contribution in [0.25, 0.3) is 0 Å². The van der Waals surface area contributed by atoms with Crippen molar-refractivity contribution in [3.05, 3.63) is 29.8 Å². The first kappa shape index (κ1) is 15.5. The molecule has 0 unspecified atom stereocenters. The van der Waals surface area contributed by atoms with Gasteiger partial charge in [-0.1, -0.05) is 32.9 Å². The monoisotopic (exact) mass is 262 g/mol. The number of rotatable bonds is 5. The molecule has 3 nitrogen and oxygen atoms in total. The summed E-state index contributed by atoms with van der Waals surface area (Å²) in [5, 5.41) is 2.98. The maximum atomic E-state index is 11.7. The van der Waals surface area contributed by atoms with Crippen molar-refractivity contribution in [3.63, 3.8) is 0 Å². The Morgan fingerprint density at radius 3 is 2.21 bits per heavy atom. The summed E-state index contributed by atoms with van der Waals surface area (Å²) in [7, 11) is 4.06. The quantitative estimate of drug-likeness (QED) is 0.885. The second kappa shape index (κ2) is 6.60. The van der Waals surface area contributed by atoms with Crippen LogP contribution < -0.4 is 10.2 Å². The highest BCUT2D eigenvalue weighted by Gasteiger charge is 2.15. The number of nitrogens with one attached hydrogen (secondary N) is 1. The fourth-order valence-electron chi connectivity index (χ4n) is 1.85. The molecule has 0 aliphatic heterocycles. The third-order valence-electron chi connectivity index (χ3n) is 2.88. The van der Waals surface area contributed by atoms with Gasteiger partial charge >= 0.3 is 0 Å². The first-order valence-corrected chi connectivity index (χ1v) is 6.81. The van der Waals surface area contributed by atoms with E-state index < -0.39 is 0 Å². The lowest BCUT2D eigenvalue weighted by molar-refractivity contribution is -0.122. The molecule has 0 bridgehead atoms. The molecule has 0 radical (unpaired) electrons. The van der Waals surface area contributed by atoms with Crippen LogP contribution in [0.3, 0.4) is 0 Å². The van der Waals surface area contributed by atoms with Crippen molar-refractivity contribution in [2.45, 2.75) is 33.6 Å². The van der Waals surface area contributed by atoms with Crippen LogP contribution in [0.15, 0.2) is 24.3 Å². The van der Waals surface area contributed by atoms with Crippen LogP contribution in [-0.2, 0) is 11.2 Å². The highest BCUT2D eigenvalue weighted by Crippen LogP contribution is 2.17. The lowest BCUT2D eigenvalue weighted by Crippen LogP contribution is -2.29. The molecule has 3 heteroatoms. The van der Waals surface area contributed by atoms with E-state index in [9.17, 15) is 4.79 Å². The number of benzene rings is 1. The van der Waals surface area contributed by atoms with Crippen LogP contribution in [-0.4, -0.2) is 26.5 Å². The molecule has 0 fully saturated rings. The molecule has 0 atom stereocenters. The van der Waals surface area contributed by atoms with E-state index in [1.54, 1.807) is 0 Å². The lowest BCUT2D eigenvalue weighted by Gasteiger charge is -2.17. The van der Waals surface area contributed by atoms with Gasteiger partial charge in [-0.3, -0.25) is 4.79 Å². The molecule has 0 spiro atoms. The van der Waals surface area contributed by atoms with Crippen molar-refractivity contribution >= 4 is 11.6 Å². The molecular formula is C16H26N2O. The lowest BCUT2D eigenvalue weighted by atomic mass is 9.92. The Hall–Kier alpha value is -1.51. The van der Waals surface area contributed by atoms with Gasteiger partial charge in [-0.05, 0) is 29.5 Å². The van der Waals surface area contributed by atoms with E-state index in [0.29, 0.717) is 13.0 Å². The summed E-state index contributed by atoms with van der Waals surface area (Å²) in [4.78, 5) is 13.8. The van der Waals surface area contributed by atoms with Gasteiger partial charge in [0.05, 0.1) is 0 Å². The highest BCUT2D eigenvalue weighted by atomic mass is 16.1. The highest BCUT2D eigenvalue weighted by molar-refractivity contribution is 5.76. The number of nitrogens with zero attached hydrogens (tertiary/aromatic N) is 1. The number of anilines is 1. The fourth-order valence-corrected chi connectivity index (χ4v) is 1.85. The first-order valence-electron chi connectivity index (χ1n) is 6.81. The zero-order valence-electron chi connectivity index (χ0n) is 12.8. The molecule has 1 N–H and O–H groups in total. The molecule has 0 aliphatic carbocycles. The van der Waals surface area contributed by atoms with Gasteiger partial charge in [0.1, 0.15) is 0 Å². The second-order valence-corrected chi connectivity index (χ2v) is 6.40. The molecule has 106 valence electrons. The van der Waals surface area contributed by atoms with E-state index in [-0.39, 0.29) is 11.3 Å². The van der Waals surface area contributed by atoms with Crippen LogP contribution in [0.4, 0.5) is 5.69 Å².